The molecule has 0 aliphatic carbocycles. The van der Waals surface area contributed by atoms with Crippen LogP contribution >= 0.6 is 97.6 Å². The van der Waals surface area contributed by atoms with Crippen molar-refractivity contribution in [2.75, 3.05) is 46.0 Å². The van der Waals surface area contributed by atoms with Crippen LogP contribution in [-0.2, 0) is 0 Å². The van der Waals surface area contributed by atoms with Crippen LogP contribution in [0.4, 0.5) is 0 Å². The van der Waals surface area contributed by atoms with Crippen LogP contribution < -0.4 is 0 Å². The zero-order valence-electron chi connectivity index (χ0n) is 12.5. The molecule has 0 aliphatic rings. The van der Waals surface area contributed by atoms with E-state index in [0.29, 0.717) is 15.1 Å². The fourth-order valence-corrected chi connectivity index (χ4v) is 8.86. The number of hydrogen-bond acceptors (Lipinski definition) is 8. The van der Waals surface area contributed by atoms with E-state index in [9.17, 15) is 0 Å². The highest BCUT2D eigenvalue weighted by Crippen LogP contribution is 2.36. The van der Waals surface area contributed by atoms with Crippen molar-refractivity contribution in [2.24, 2.45) is 0 Å². The van der Waals surface area contributed by atoms with Crippen LogP contribution in [0, 0.1) is 0 Å². The van der Waals surface area contributed by atoms with E-state index in [1.165, 1.54) is 17.9 Å². The van der Waals surface area contributed by atoms with Gasteiger partial charge in [-0.3, -0.25) is 0 Å². The Kier molecular flexibility index (Phi) is 20.0. The highest BCUT2D eigenvalue weighted by Gasteiger charge is 2.22. The van der Waals surface area contributed by atoms with E-state index in [-0.39, 0.29) is 0 Å². The lowest BCUT2D eigenvalue weighted by Crippen LogP contribution is -2.23. The molecular formula is C13H28S8. The SMILES string of the molecule is CCCSC(SC[C@@H](CS)SCCS)C(CS)SCCS. The van der Waals surface area contributed by atoms with Gasteiger partial charge in [0, 0.05) is 39.3 Å². The minimum absolute atomic E-state index is 0.609. The summed E-state index contributed by atoms with van der Waals surface area (Å²) in [7, 11) is 0. The zero-order chi connectivity index (χ0) is 15.9. The molecule has 8 heteroatoms. The first-order valence-electron chi connectivity index (χ1n) is 7.13. The lowest BCUT2D eigenvalue weighted by Gasteiger charge is -2.26. The van der Waals surface area contributed by atoms with Gasteiger partial charge in [-0.05, 0) is 23.7 Å². The van der Waals surface area contributed by atoms with E-state index in [1.807, 2.05) is 23.5 Å². The molecule has 0 aliphatic heterocycles. The molecule has 0 nitrogen and oxygen atoms in total. The molecule has 128 valence electrons. The Morgan fingerprint density at radius 1 is 0.762 bits per heavy atom. The molecule has 0 heterocycles. The third kappa shape index (κ3) is 12.8. The first kappa shape index (κ1) is 23.8. The second kappa shape index (κ2) is 17.6. The van der Waals surface area contributed by atoms with Gasteiger partial charge in [0.1, 0.15) is 0 Å². The molecule has 0 amide bonds. The second-order valence-electron chi connectivity index (χ2n) is 4.29. The average molecular weight is 441 g/mol. The Hall–Kier alpha value is 2.80. The van der Waals surface area contributed by atoms with Crippen LogP contribution in [0.25, 0.3) is 0 Å². The van der Waals surface area contributed by atoms with Crippen molar-refractivity contribution in [2.45, 2.75) is 28.4 Å². The van der Waals surface area contributed by atoms with Gasteiger partial charge in [0.15, 0.2) is 0 Å². The molecule has 0 rings (SSSR count). The fourth-order valence-electron chi connectivity index (χ4n) is 1.49. The Labute approximate surface area is 170 Å². The number of thiol groups is 4. The van der Waals surface area contributed by atoms with Gasteiger partial charge in [-0.2, -0.15) is 74.0 Å². The molecule has 0 aromatic heterocycles. The monoisotopic (exact) mass is 440 g/mol. The first-order chi connectivity index (χ1) is 10.2. The Bertz CT molecular complexity index is 216. The molecule has 3 atom stereocenters. The zero-order valence-corrected chi connectivity index (χ0v) is 19.4. The highest BCUT2D eigenvalue weighted by molar-refractivity contribution is 8.18. The van der Waals surface area contributed by atoms with Gasteiger partial charge in [-0.25, -0.2) is 0 Å². The lowest BCUT2D eigenvalue weighted by atomic mass is 10.5. The van der Waals surface area contributed by atoms with E-state index < -0.39 is 0 Å². The summed E-state index contributed by atoms with van der Waals surface area (Å²) >= 11 is 25.9. The maximum absolute atomic E-state index is 4.57. The van der Waals surface area contributed by atoms with Crippen LogP contribution in [0.3, 0.4) is 0 Å². The van der Waals surface area contributed by atoms with Crippen LogP contribution in [-0.4, -0.2) is 61.1 Å². The molecule has 0 aromatic rings. The molecular weight excluding hydrogens is 413 g/mol. The lowest BCUT2D eigenvalue weighted by molar-refractivity contribution is 1.06. The van der Waals surface area contributed by atoms with Gasteiger partial charge < -0.3 is 0 Å². The van der Waals surface area contributed by atoms with Crippen molar-refractivity contribution in [3.8, 4) is 0 Å². The normalized spacial score (nSPS) is 15.9. The molecule has 0 bridgehead atoms. The van der Waals surface area contributed by atoms with E-state index in [0.717, 1.165) is 34.5 Å². The van der Waals surface area contributed by atoms with Crippen molar-refractivity contribution < 1.29 is 0 Å². The minimum Gasteiger partial charge on any atom is -0.179 e. The molecule has 2 unspecified atom stereocenters. The Morgan fingerprint density at radius 2 is 1.43 bits per heavy atom. The number of thioether (sulfide) groups is 4. The van der Waals surface area contributed by atoms with Crippen molar-refractivity contribution in [1.29, 1.82) is 0 Å². The first-order valence-corrected chi connectivity index (χ1v) is 13.9. The number of rotatable bonds is 15. The van der Waals surface area contributed by atoms with Crippen molar-refractivity contribution in [3.05, 3.63) is 0 Å². The van der Waals surface area contributed by atoms with E-state index in [1.54, 1.807) is 0 Å². The third-order valence-corrected chi connectivity index (χ3v) is 11.3. The Balaban J connectivity index is 4.36. The molecule has 0 spiro atoms. The van der Waals surface area contributed by atoms with Gasteiger partial charge in [-0.1, -0.05) is 6.92 Å². The second-order valence-corrected chi connectivity index (χ2v) is 11.4. The summed E-state index contributed by atoms with van der Waals surface area (Å²) in [6, 6.07) is 0. The maximum Gasteiger partial charge on any atom is 0.0629 e. The average Bonchev–Trinajstić information content (AvgIpc) is 2.52. The maximum atomic E-state index is 4.57. The molecule has 0 radical (unpaired) electrons. The topological polar surface area (TPSA) is 0 Å². The summed E-state index contributed by atoms with van der Waals surface area (Å²) in [5.41, 5.74) is 0. The molecule has 0 saturated heterocycles. The van der Waals surface area contributed by atoms with Gasteiger partial charge in [0.05, 0.1) is 4.58 Å². The molecule has 0 saturated carbocycles. The molecule has 0 aromatic carbocycles. The summed E-state index contributed by atoms with van der Waals surface area (Å²) in [5.74, 6) is 8.43. The van der Waals surface area contributed by atoms with Crippen LogP contribution in [0.1, 0.15) is 13.3 Å². The van der Waals surface area contributed by atoms with Gasteiger partial charge in [0.25, 0.3) is 0 Å². The molecule has 0 fully saturated rings. The molecule has 0 N–H and O–H groups in total. The Morgan fingerprint density at radius 3 is 1.95 bits per heavy atom. The van der Waals surface area contributed by atoms with E-state index >= 15 is 0 Å². The van der Waals surface area contributed by atoms with Crippen molar-refractivity contribution in [3.63, 3.8) is 0 Å². The quantitative estimate of drug-likeness (QED) is 0.206. The standard InChI is InChI=1S/C13H28S8/c1-2-5-20-13(12(9-17)19-7-4-15)21-10-11(8-16)18-6-3-14/h11-17H,2-10H2,1H3/t11-,12?,13?/m1/s1. The van der Waals surface area contributed by atoms with Crippen molar-refractivity contribution in [1.82, 2.24) is 0 Å². The summed E-state index contributed by atoms with van der Waals surface area (Å²) in [6.45, 7) is 2.25. The van der Waals surface area contributed by atoms with Gasteiger partial charge >= 0.3 is 0 Å². The number of hydrogen-bond donors (Lipinski definition) is 4. The fraction of sp³-hybridized carbons (Fsp3) is 1.00. The molecule has 21 heavy (non-hydrogen) atoms. The third-order valence-electron chi connectivity index (χ3n) is 2.49. The van der Waals surface area contributed by atoms with Crippen molar-refractivity contribution >= 4 is 97.6 Å². The van der Waals surface area contributed by atoms with Crippen LogP contribution in [0.5, 0.6) is 0 Å². The van der Waals surface area contributed by atoms with Crippen LogP contribution in [0.2, 0.25) is 0 Å². The van der Waals surface area contributed by atoms with Gasteiger partial charge in [0.2, 0.25) is 0 Å². The minimum atomic E-state index is 0.609. The predicted octanol–water partition coefficient (Wildman–Crippen LogP) is 5.11. The van der Waals surface area contributed by atoms with Gasteiger partial charge in [-0.15, -0.1) is 23.5 Å². The van der Waals surface area contributed by atoms with E-state index in [4.69, 9.17) is 0 Å². The highest BCUT2D eigenvalue weighted by atomic mass is 32.2. The van der Waals surface area contributed by atoms with E-state index in [2.05, 4.69) is 81.0 Å². The van der Waals surface area contributed by atoms with Crippen LogP contribution in [0.15, 0.2) is 0 Å². The smallest absolute Gasteiger partial charge is 0.0629 e. The largest absolute Gasteiger partial charge is 0.179 e. The summed E-state index contributed by atoms with van der Waals surface area (Å²) in [5, 5.41) is 1.24. The summed E-state index contributed by atoms with van der Waals surface area (Å²) in [4.78, 5) is 0. The summed E-state index contributed by atoms with van der Waals surface area (Å²) < 4.78 is 0.631. The predicted molar refractivity (Wildman–Crippen MR) is 127 cm³/mol. The summed E-state index contributed by atoms with van der Waals surface area (Å²) in [6.07, 6.45) is 1.24.